The van der Waals surface area contributed by atoms with E-state index in [0.717, 1.165) is 7.14 Å². The molecule has 4 nitrogen and oxygen atoms in total. The third-order valence-electron chi connectivity index (χ3n) is 2.65. The molecule has 1 aromatic carbocycles. The maximum Gasteiger partial charge on any atom is 0.344 e. The van der Waals surface area contributed by atoms with Crippen molar-refractivity contribution >= 4 is 68.3 Å². The Hall–Kier alpha value is -0.680. The molecule has 2 aromatic rings. The van der Waals surface area contributed by atoms with E-state index in [1.54, 1.807) is 25.1 Å². The normalized spacial score (nSPS) is 10.3. The molecule has 1 aromatic heterocycles. The molecule has 0 radical (unpaired) electrons. The molecule has 7 heteroatoms. The summed E-state index contributed by atoms with van der Waals surface area (Å²) in [5.41, 5.74) is 0.611. The Labute approximate surface area is 159 Å². The first-order valence-corrected chi connectivity index (χ1v) is 9.42. The van der Waals surface area contributed by atoms with Gasteiger partial charge in [0.05, 0.1) is 18.6 Å². The van der Waals surface area contributed by atoms with Crippen molar-refractivity contribution in [2.75, 3.05) is 13.2 Å². The van der Waals surface area contributed by atoms with Gasteiger partial charge in [0, 0.05) is 5.56 Å². The Bertz CT molecular complexity index is 660. The molecule has 0 unspecified atom stereocenters. The van der Waals surface area contributed by atoms with Crippen molar-refractivity contribution in [1.82, 2.24) is 0 Å². The van der Waals surface area contributed by atoms with Gasteiger partial charge in [-0.1, -0.05) is 6.07 Å². The summed E-state index contributed by atoms with van der Waals surface area (Å²) in [7, 11) is 0. The second kappa shape index (κ2) is 8.25. The van der Waals surface area contributed by atoms with Crippen molar-refractivity contribution in [3.8, 4) is 5.75 Å². The summed E-state index contributed by atoms with van der Waals surface area (Å²) < 4.78 is 11.9. The van der Waals surface area contributed by atoms with Crippen LogP contribution in [0.4, 0.5) is 0 Å². The second-order valence-corrected chi connectivity index (χ2v) is 7.44. The lowest BCUT2D eigenvalue weighted by molar-refractivity contribution is -0.145. The predicted octanol–water partition coefficient (Wildman–Crippen LogP) is 4.13. The van der Waals surface area contributed by atoms with Crippen molar-refractivity contribution in [1.29, 1.82) is 0 Å². The molecule has 1 heterocycles. The molecule has 22 heavy (non-hydrogen) atoms. The fraction of sp³-hybridized carbons (Fsp3) is 0.200. The van der Waals surface area contributed by atoms with Crippen molar-refractivity contribution in [2.24, 2.45) is 0 Å². The Balaban J connectivity index is 2.18. The molecule has 116 valence electrons. The molecule has 2 rings (SSSR count). The number of ether oxygens (including phenoxy) is 2. The minimum absolute atomic E-state index is 0.0113. The van der Waals surface area contributed by atoms with Crippen LogP contribution in [0.3, 0.4) is 0 Å². The molecule has 0 aliphatic heterocycles. The van der Waals surface area contributed by atoms with Crippen LogP contribution in [0.25, 0.3) is 0 Å². The predicted molar refractivity (Wildman–Crippen MR) is 102 cm³/mol. The van der Waals surface area contributed by atoms with Crippen molar-refractivity contribution in [2.45, 2.75) is 6.92 Å². The maximum absolute atomic E-state index is 12.4. The molecule has 0 saturated heterocycles. The number of halogens is 2. The van der Waals surface area contributed by atoms with Crippen LogP contribution in [0, 0.1) is 7.14 Å². The van der Waals surface area contributed by atoms with Gasteiger partial charge in [0.2, 0.25) is 5.78 Å². The highest BCUT2D eigenvalue weighted by Crippen LogP contribution is 2.30. The number of carbonyl (C=O) groups excluding carboxylic acids is 2. The third kappa shape index (κ3) is 4.42. The summed E-state index contributed by atoms with van der Waals surface area (Å²) in [6.45, 7) is 1.93. The van der Waals surface area contributed by atoms with Gasteiger partial charge in [-0.25, -0.2) is 4.79 Å². The number of benzene rings is 1. The molecule has 0 spiro atoms. The first kappa shape index (κ1) is 17.7. The molecular weight excluding hydrogens is 530 g/mol. The lowest BCUT2D eigenvalue weighted by atomic mass is 10.1. The largest absolute Gasteiger partial charge is 0.480 e. The zero-order valence-corrected chi connectivity index (χ0v) is 16.7. The maximum atomic E-state index is 12.4. The van der Waals surface area contributed by atoms with Gasteiger partial charge in [-0.3, -0.25) is 4.79 Å². The molecule has 0 aliphatic rings. The molecule has 0 saturated carbocycles. The first-order chi connectivity index (χ1) is 10.5. The van der Waals surface area contributed by atoms with E-state index in [4.69, 9.17) is 9.47 Å². The fourth-order valence-electron chi connectivity index (χ4n) is 1.71. The van der Waals surface area contributed by atoms with Gasteiger partial charge in [0.15, 0.2) is 6.61 Å². The van der Waals surface area contributed by atoms with Gasteiger partial charge in [0.25, 0.3) is 0 Å². The molecular formula is C15H12I2O4S. The smallest absolute Gasteiger partial charge is 0.344 e. The van der Waals surface area contributed by atoms with Crippen molar-refractivity contribution < 1.29 is 19.1 Å². The Kier molecular flexibility index (Phi) is 6.63. The number of rotatable bonds is 6. The fourth-order valence-corrected chi connectivity index (χ4v) is 4.48. The highest BCUT2D eigenvalue weighted by molar-refractivity contribution is 14.1. The van der Waals surface area contributed by atoms with Crippen LogP contribution in [0.5, 0.6) is 5.75 Å². The Morgan fingerprint density at radius 1 is 1.23 bits per heavy atom. The third-order valence-corrected chi connectivity index (χ3v) is 5.12. The van der Waals surface area contributed by atoms with Gasteiger partial charge in [-0.05, 0) is 75.7 Å². The molecule has 0 N–H and O–H groups in total. The SMILES string of the molecule is CCOC(=O)COc1c(I)cc(C(=O)c2cccs2)cc1I. The lowest BCUT2D eigenvalue weighted by Crippen LogP contribution is -2.15. The number of ketones is 1. The van der Waals surface area contributed by atoms with E-state index in [-0.39, 0.29) is 12.4 Å². The molecule has 0 fully saturated rings. The van der Waals surface area contributed by atoms with Gasteiger partial charge in [-0.2, -0.15) is 0 Å². The van der Waals surface area contributed by atoms with Crippen LogP contribution < -0.4 is 4.74 Å². The number of hydrogen-bond donors (Lipinski definition) is 0. The van der Waals surface area contributed by atoms with Crippen LogP contribution >= 0.6 is 56.5 Å². The van der Waals surface area contributed by atoms with E-state index in [1.807, 2.05) is 11.4 Å². The zero-order chi connectivity index (χ0) is 16.1. The number of thiophene rings is 1. The van der Waals surface area contributed by atoms with Crippen molar-refractivity contribution in [3.63, 3.8) is 0 Å². The Morgan fingerprint density at radius 2 is 1.91 bits per heavy atom. The van der Waals surface area contributed by atoms with E-state index in [1.165, 1.54) is 11.3 Å². The molecule has 0 atom stereocenters. The van der Waals surface area contributed by atoms with E-state index in [9.17, 15) is 9.59 Å². The van der Waals surface area contributed by atoms with E-state index in [0.29, 0.717) is 22.8 Å². The zero-order valence-electron chi connectivity index (χ0n) is 11.6. The topological polar surface area (TPSA) is 52.6 Å². The summed E-state index contributed by atoms with van der Waals surface area (Å²) in [4.78, 5) is 24.4. The number of esters is 1. The van der Waals surface area contributed by atoms with Crippen LogP contribution in [-0.4, -0.2) is 25.0 Å². The van der Waals surface area contributed by atoms with Crippen LogP contribution in [0.1, 0.15) is 22.2 Å². The van der Waals surface area contributed by atoms with Crippen LogP contribution in [0.2, 0.25) is 0 Å². The minimum Gasteiger partial charge on any atom is -0.480 e. The summed E-state index contributed by atoms with van der Waals surface area (Å²) in [6.07, 6.45) is 0. The molecule has 0 aliphatic carbocycles. The van der Waals surface area contributed by atoms with E-state index < -0.39 is 5.97 Å². The van der Waals surface area contributed by atoms with Crippen LogP contribution in [0.15, 0.2) is 29.6 Å². The standard InChI is InChI=1S/C15H12I2O4S/c1-2-20-13(18)8-21-15-10(16)6-9(7-11(15)17)14(19)12-4-3-5-22-12/h3-7H,2,8H2,1H3. The number of carbonyl (C=O) groups is 2. The number of hydrogen-bond acceptors (Lipinski definition) is 5. The lowest BCUT2D eigenvalue weighted by Gasteiger charge is -2.11. The quantitative estimate of drug-likeness (QED) is 0.313. The monoisotopic (exact) mass is 542 g/mol. The molecule has 0 amide bonds. The van der Waals surface area contributed by atoms with E-state index >= 15 is 0 Å². The van der Waals surface area contributed by atoms with Gasteiger partial charge in [-0.15, -0.1) is 11.3 Å². The van der Waals surface area contributed by atoms with Gasteiger partial charge >= 0.3 is 5.97 Å². The molecule has 0 bridgehead atoms. The van der Waals surface area contributed by atoms with Gasteiger partial charge in [0.1, 0.15) is 5.75 Å². The average molecular weight is 542 g/mol. The summed E-state index contributed by atoms with van der Waals surface area (Å²) in [5.74, 6) is 0.174. The van der Waals surface area contributed by atoms with Gasteiger partial charge < -0.3 is 9.47 Å². The summed E-state index contributed by atoms with van der Waals surface area (Å²) in [5, 5.41) is 1.87. The van der Waals surface area contributed by atoms with Crippen molar-refractivity contribution in [3.05, 3.63) is 47.2 Å². The summed E-state index contributed by atoms with van der Waals surface area (Å²) in [6, 6.07) is 7.19. The Morgan fingerprint density at radius 3 is 2.45 bits per heavy atom. The first-order valence-electron chi connectivity index (χ1n) is 6.38. The summed E-state index contributed by atoms with van der Waals surface area (Å²) >= 11 is 5.62. The second-order valence-electron chi connectivity index (χ2n) is 4.17. The minimum atomic E-state index is -0.409. The average Bonchev–Trinajstić information content (AvgIpc) is 2.99. The van der Waals surface area contributed by atoms with E-state index in [2.05, 4.69) is 45.2 Å². The van der Waals surface area contributed by atoms with Crippen LogP contribution in [-0.2, 0) is 9.53 Å². The highest BCUT2D eigenvalue weighted by Gasteiger charge is 2.16. The highest BCUT2D eigenvalue weighted by atomic mass is 127.